The van der Waals surface area contributed by atoms with Crippen LogP contribution < -0.4 is 21.3 Å². The monoisotopic (exact) mass is 471 g/mol. The first kappa shape index (κ1) is 23.1. The normalized spacial score (nSPS) is 10.5. The molecule has 35 heavy (non-hydrogen) atoms. The number of nitrogens with one attached hydrogen (secondary N) is 4. The maximum absolute atomic E-state index is 11.3. The third-order valence-electron chi connectivity index (χ3n) is 4.79. The van der Waals surface area contributed by atoms with Gasteiger partial charge in [-0.1, -0.05) is 0 Å². The van der Waals surface area contributed by atoms with Crippen LogP contribution in [0.25, 0.3) is 11.0 Å². The lowest BCUT2D eigenvalue weighted by molar-refractivity contribution is -0.384. The van der Waals surface area contributed by atoms with Crippen LogP contribution in [-0.2, 0) is 9.59 Å². The molecule has 3 aromatic carbocycles. The molecule has 0 aliphatic rings. The molecule has 11 heteroatoms. The van der Waals surface area contributed by atoms with Gasteiger partial charge in [0, 0.05) is 48.7 Å². The average molecular weight is 471 g/mol. The number of carbonyl (C=O) groups excluding carboxylic acids is 2. The van der Waals surface area contributed by atoms with Gasteiger partial charge in [-0.15, -0.1) is 0 Å². The number of benzene rings is 3. The maximum Gasteiger partial charge on any atom is 0.271 e. The highest BCUT2D eigenvalue weighted by atomic mass is 16.6. The van der Waals surface area contributed by atoms with Crippen molar-refractivity contribution < 1.29 is 14.5 Å². The van der Waals surface area contributed by atoms with E-state index in [-0.39, 0.29) is 17.5 Å². The van der Waals surface area contributed by atoms with Gasteiger partial charge in [0.05, 0.1) is 16.0 Å². The Morgan fingerprint density at radius 2 is 1.11 bits per heavy atom. The van der Waals surface area contributed by atoms with Crippen LogP contribution in [0, 0.1) is 10.1 Å². The van der Waals surface area contributed by atoms with Crippen molar-refractivity contribution in [3.05, 3.63) is 76.8 Å². The first-order chi connectivity index (χ1) is 16.8. The summed E-state index contributed by atoms with van der Waals surface area (Å²) in [5.74, 6) is 0.390. The molecule has 1 heterocycles. The Morgan fingerprint density at radius 3 is 1.54 bits per heavy atom. The van der Waals surface area contributed by atoms with Crippen molar-refractivity contribution in [2.45, 2.75) is 13.8 Å². The molecule has 0 fully saturated rings. The number of amides is 2. The number of nitro groups is 1. The van der Waals surface area contributed by atoms with Gasteiger partial charge in [-0.2, -0.15) is 0 Å². The zero-order chi connectivity index (χ0) is 24.9. The van der Waals surface area contributed by atoms with Crippen molar-refractivity contribution in [3.8, 4) is 0 Å². The predicted octanol–water partition coefficient (Wildman–Crippen LogP) is 4.94. The first-order valence-electron chi connectivity index (χ1n) is 10.5. The van der Waals surface area contributed by atoms with Crippen LogP contribution in [0.15, 0.2) is 66.7 Å². The third kappa shape index (κ3) is 5.85. The highest BCUT2D eigenvalue weighted by Gasteiger charge is 2.14. The smallest absolute Gasteiger partial charge is 0.271 e. The standard InChI is InChI=1S/C24H21N7O4/c1-14(32)25-16-3-7-18(8-4-16)27-23-24(28-19-9-5-17(6-10-19)26-15(2)33)30-22-13-20(31(34)35)11-12-21(22)29-23/h3-13H,1-2H3,(H,25,32)(H,26,33)(H,27,29)(H,28,30). The lowest BCUT2D eigenvalue weighted by atomic mass is 10.2. The van der Waals surface area contributed by atoms with Crippen LogP contribution in [-0.4, -0.2) is 26.7 Å². The molecule has 4 N–H and O–H groups in total. The van der Waals surface area contributed by atoms with E-state index in [1.165, 1.54) is 32.0 Å². The van der Waals surface area contributed by atoms with E-state index < -0.39 is 4.92 Å². The van der Waals surface area contributed by atoms with Gasteiger partial charge >= 0.3 is 0 Å². The summed E-state index contributed by atoms with van der Waals surface area (Å²) in [7, 11) is 0. The van der Waals surface area contributed by atoms with Gasteiger partial charge in [-0.25, -0.2) is 9.97 Å². The molecule has 0 radical (unpaired) electrons. The number of rotatable bonds is 7. The minimum atomic E-state index is -0.488. The Labute approximate surface area is 199 Å². The number of hydrogen-bond donors (Lipinski definition) is 4. The second-order valence-electron chi connectivity index (χ2n) is 7.62. The molecule has 0 saturated heterocycles. The Morgan fingerprint density at radius 1 is 0.686 bits per heavy atom. The fourth-order valence-corrected chi connectivity index (χ4v) is 3.28. The topological polar surface area (TPSA) is 151 Å². The fourth-order valence-electron chi connectivity index (χ4n) is 3.28. The second kappa shape index (κ2) is 9.83. The number of carbonyl (C=O) groups is 2. The predicted molar refractivity (Wildman–Crippen MR) is 134 cm³/mol. The zero-order valence-electron chi connectivity index (χ0n) is 18.8. The van der Waals surface area contributed by atoms with Crippen LogP contribution in [0.5, 0.6) is 0 Å². The summed E-state index contributed by atoms with van der Waals surface area (Å²) in [4.78, 5) is 42.4. The molecule has 4 rings (SSSR count). The minimum Gasteiger partial charge on any atom is -0.337 e. The third-order valence-corrected chi connectivity index (χ3v) is 4.79. The Balaban J connectivity index is 1.69. The molecular weight excluding hydrogens is 450 g/mol. The summed E-state index contributed by atoms with van der Waals surface area (Å²) in [6.45, 7) is 2.86. The van der Waals surface area contributed by atoms with E-state index in [2.05, 4.69) is 31.2 Å². The molecule has 1 aromatic heterocycles. The van der Waals surface area contributed by atoms with Gasteiger partial charge in [0.1, 0.15) is 0 Å². The van der Waals surface area contributed by atoms with Crippen molar-refractivity contribution in [1.29, 1.82) is 0 Å². The summed E-state index contributed by atoms with van der Waals surface area (Å²) in [6.07, 6.45) is 0. The van der Waals surface area contributed by atoms with Gasteiger partial charge in [-0.3, -0.25) is 19.7 Å². The number of non-ortho nitro benzene ring substituents is 1. The zero-order valence-corrected chi connectivity index (χ0v) is 18.8. The summed E-state index contributed by atoms with van der Waals surface area (Å²) in [6, 6.07) is 18.3. The van der Waals surface area contributed by atoms with E-state index in [0.717, 1.165) is 0 Å². The quantitative estimate of drug-likeness (QED) is 0.218. The molecular formula is C24H21N7O4. The van der Waals surface area contributed by atoms with Crippen LogP contribution in [0.4, 0.5) is 40.1 Å². The molecule has 11 nitrogen and oxygen atoms in total. The van der Waals surface area contributed by atoms with Gasteiger partial charge in [0.2, 0.25) is 11.8 Å². The molecule has 0 unspecified atom stereocenters. The number of fused-ring (bicyclic) bond motifs is 1. The van der Waals surface area contributed by atoms with E-state index >= 15 is 0 Å². The molecule has 0 bridgehead atoms. The molecule has 0 spiro atoms. The van der Waals surface area contributed by atoms with Crippen LogP contribution >= 0.6 is 0 Å². The van der Waals surface area contributed by atoms with Crippen LogP contribution in [0.1, 0.15) is 13.8 Å². The van der Waals surface area contributed by atoms with Crippen LogP contribution in [0.2, 0.25) is 0 Å². The fraction of sp³-hybridized carbons (Fsp3) is 0.0833. The van der Waals surface area contributed by atoms with Gasteiger partial charge < -0.3 is 21.3 Å². The lowest BCUT2D eigenvalue weighted by Gasteiger charge is -2.14. The molecule has 176 valence electrons. The van der Waals surface area contributed by atoms with Crippen molar-refractivity contribution in [2.75, 3.05) is 21.3 Å². The first-order valence-corrected chi connectivity index (χ1v) is 10.5. The number of anilines is 6. The van der Waals surface area contributed by atoms with Crippen molar-refractivity contribution in [2.24, 2.45) is 0 Å². The van der Waals surface area contributed by atoms with Crippen molar-refractivity contribution in [3.63, 3.8) is 0 Å². The van der Waals surface area contributed by atoms with Gasteiger partial charge in [0.15, 0.2) is 11.6 Å². The minimum absolute atomic E-state index is 0.0910. The van der Waals surface area contributed by atoms with Gasteiger partial charge in [0.25, 0.3) is 5.69 Å². The molecule has 0 saturated carbocycles. The van der Waals surface area contributed by atoms with E-state index in [0.29, 0.717) is 45.4 Å². The second-order valence-corrected chi connectivity index (χ2v) is 7.62. The van der Waals surface area contributed by atoms with Crippen LogP contribution in [0.3, 0.4) is 0 Å². The summed E-state index contributed by atoms with van der Waals surface area (Å²) >= 11 is 0. The van der Waals surface area contributed by atoms with E-state index in [4.69, 9.17) is 0 Å². The van der Waals surface area contributed by atoms with Crippen molar-refractivity contribution >= 4 is 62.9 Å². The largest absolute Gasteiger partial charge is 0.337 e. The Bertz CT molecular complexity index is 1420. The van der Waals surface area contributed by atoms with Gasteiger partial charge in [-0.05, 0) is 54.6 Å². The molecule has 0 aliphatic carbocycles. The molecule has 0 atom stereocenters. The van der Waals surface area contributed by atoms with E-state index in [1.54, 1.807) is 48.5 Å². The number of aromatic nitrogens is 2. The summed E-state index contributed by atoms with van der Waals surface area (Å²) in [5.41, 5.74) is 3.38. The maximum atomic E-state index is 11.3. The highest BCUT2D eigenvalue weighted by molar-refractivity contribution is 5.90. The molecule has 2 amide bonds. The number of nitro benzene ring substituents is 1. The average Bonchev–Trinajstić information content (AvgIpc) is 2.81. The summed E-state index contributed by atoms with van der Waals surface area (Å²) in [5, 5.41) is 23.0. The highest BCUT2D eigenvalue weighted by Crippen LogP contribution is 2.30. The SMILES string of the molecule is CC(=O)Nc1ccc(Nc2nc3ccc([N+](=O)[O-])cc3nc2Nc2ccc(NC(C)=O)cc2)cc1. The molecule has 4 aromatic rings. The Kier molecular flexibility index (Phi) is 6.49. The lowest BCUT2D eigenvalue weighted by Crippen LogP contribution is -2.06. The van der Waals surface area contributed by atoms with E-state index in [1.807, 2.05) is 0 Å². The Hall–Kier alpha value is -5.06. The molecule has 0 aliphatic heterocycles. The van der Waals surface area contributed by atoms with E-state index in [9.17, 15) is 19.7 Å². The number of nitrogens with zero attached hydrogens (tertiary/aromatic N) is 3. The summed E-state index contributed by atoms with van der Waals surface area (Å²) < 4.78 is 0. The van der Waals surface area contributed by atoms with Crippen molar-refractivity contribution in [1.82, 2.24) is 9.97 Å². The number of hydrogen-bond acceptors (Lipinski definition) is 8.